The fourth-order valence-electron chi connectivity index (χ4n) is 3.28. The number of hydrogen-bond acceptors (Lipinski definition) is 4. The lowest BCUT2D eigenvalue weighted by Crippen LogP contribution is -2.25. The molecule has 1 aromatic heterocycles. The minimum absolute atomic E-state index is 0.516. The molecule has 0 spiro atoms. The molecule has 24 heavy (non-hydrogen) atoms. The van der Waals surface area contributed by atoms with E-state index in [2.05, 4.69) is 51.1 Å². The molecule has 5 heteroatoms. The third-order valence-corrected chi connectivity index (χ3v) is 4.55. The van der Waals surface area contributed by atoms with E-state index in [-0.39, 0.29) is 0 Å². The van der Waals surface area contributed by atoms with E-state index in [1.807, 2.05) is 19.0 Å². The van der Waals surface area contributed by atoms with Gasteiger partial charge in [-0.3, -0.25) is 9.58 Å². The van der Waals surface area contributed by atoms with Crippen molar-refractivity contribution in [3.8, 4) is 0 Å². The first-order chi connectivity index (χ1) is 11.6. The summed E-state index contributed by atoms with van der Waals surface area (Å²) in [6.07, 6.45) is 1.66. The van der Waals surface area contributed by atoms with Gasteiger partial charge in [0.05, 0.1) is 11.4 Å². The van der Waals surface area contributed by atoms with Crippen LogP contribution in [-0.2, 0) is 19.5 Å². The molecule has 1 aliphatic rings. The lowest BCUT2D eigenvalue weighted by atomic mass is 10.1. The average molecular weight is 328 g/mol. The molecule has 1 N–H and O–H groups in total. The van der Waals surface area contributed by atoms with E-state index < -0.39 is 6.10 Å². The van der Waals surface area contributed by atoms with Crippen molar-refractivity contribution >= 4 is 0 Å². The summed E-state index contributed by atoms with van der Waals surface area (Å²) < 4.78 is 2.08. The summed E-state index contributed by atoms with van der Waals surface area (Å²) in [5.41, 5.74) is 3.40. The van der Waals surface area contributed by atoms with E-state index in [0.29, 0.717) is 6.54 Å². The number of nitrogens with zero attached hydrogens (tertiary/aromatic N) is 4. The molecule has 1 aromatic carbocycles. The average Bonchev–Trinajstić information content (AvgIpc) is 2.86. The van der Waals surface area contributed by atoms with Gasteiger partial charge in [0.1, 0.15) is 6.10 Å². The second kappa shape index (κ2) is 7.92. The van der Waals surface area contributed by atoms with Gasteiger partial charge in [-0.15, -0.1) is 0 Å². The Morgan fingerprint density at radius 3 is 2.75 bits per heavy atom. The monoisotopic (exact) mass is 328 g/mol. The summed E-state index contributed by atoms with van der Waals surface area (Å²) in [4.78, 5) is 4.48. The Kier molecular flexibility index (Phi) is 5.66. The van der Waals surface area contributed by atoms with Crippen molar-refractivity contribution < 1.29 is 5.11 Å². The first-order valence-electron chi connectivity index (χ1n) is 8.77. The van der Waals surface area contributed by atoms with Gasteiger partial charge in [0.2, 0.25) is 0 Å². The molecule has 0 saturated carbocycles. The molecule has 1 atom stereocenters. The molecule has 130 valence electrons. The molecular formula is C19H28N4O. The number of hydrogen-bond donors (Lipinski definition) is 1. The Hall–Kier alpha value is -1.69. The molecule has 0 saturated heterocycles. The van der Waals surface area contributed by atoms with Crippen LogP contribution in [-0.4, -0.2) is 58.4 Å². The summed E-state index contributed by atoms with van der Waals surface area (Å²) in [6.45, 7) is 4.62. The van der Waals surface area contributed by atoms with Gasteiger partial charge in [-0.05, 0) is 38.6 Å². The van der Waals surface area contributed by atoms with E-state index >= 15 is 0 Å². The lowest BCUT2D eigenvalue weighted by molar-refractivity contribution is 0.133. The van der Waals surface area contributed by atoms with Crippen LogP contribution >= 0.6 is 0 Å². The maximum absolute atomic E-state index is 10.3. The van der Waals surface area contributed by atoms with Crippen molar-refractivity contribution in [2.75, 3.05) is 33.7 Å². The predicted molar refractivity (Wildman–Crippen MR) is 95.8 cm³/mol. The van der Waals surface area contributed by atoms with Crippen molar-refractivity contribution in [3.05, 3.63) is 53.3 Å². The first kappa shape index (κ1) is 17.1. The lowest BCUT2D eigenvalue weighted by Gasteiger charge is -2.19. The van der Waals surface area contributed by atoms with Crippen LogP contribution in [0.4, 0.5) is 0 Å². The van der Waals surface area contributed by atoms with Crippen LogP contribution in [0.5, 0.6) is 0 Å². The van der Waals surface area contributed by atoms with Gasteiger partial charge in [0.15, 0.2) is 0 Å². The topological polar surface area (TPSA) is 44.5 Å². The Bertz CT molecular complexity index is 638. The molecule has 2 heterocycles. The quantitative estimate of drug-likeness (QED) is 0.880. The number of aromatic nitrogens is 2. The third kappa shape index (κ3) is 4.44. The first-order valence-corrected chi connectivity index (χ1v) is 8.77. The molecule has 5 nitrogen and oxygen atoms in total. The highest BCUT2D eigenvalue weighted by molar-refractivity contribution is 5.16. The van der Waals surface area contributed by atoms with E-state index in [4.69, 9.17) is 0 Å². The highest BCUT2D eigenvalue weighted by Crippen LogP contribution is 2.19. The van der Waals surface area contributed by atoms with Gasteiger partial charge < -0.3 is 10.0 Å². The molecule has 3 rings (SSSR count). The van der Waals surface area contributed by atoms with Gasteiger partial charge >= 0.3 is 0 Å². The summed E-state index contributed by atoms with van der Waals surface area (Å²) in [5.74, 6) is 0. The number of likely N-dealkylation sites (N-methyl/N-ethyl adjacent to an activating group) is 1. The van der Waals surface area contributed by atoms with Gasteiger partial charge in [0, 0.05) is 32.7 Å². The van der Waals surface area contributed by atoms with Crippen LogP contribution < -0.4 is 0 Å². The van der Waals surface area contributed by atoms with Crippen LogP contribution in [0.2, 0.25) is 0 Å². The third-order valence-electron chi connectivity index (χ3n) is 4.55. The van der Waals surface area contributed by atoms with Gasteiger partial charge in [-0.2, -0.15) is 5.10 Å². The standard InChI is InChI=1S/C19H28N4O/c1-21(2)15-19(24)18-13-17-14-22(10-6-11-23(17)20-18)12-9-16-7-4-3-5-8-16/h3-5,7-8,13,19,24H,6,9-12,14-15H2,1-2H3/t19-/m1/s1. The van der Waals surface area contributed by atoms with E-state index in [0.717, 1.165) is 44.7 Å². The van der Waals surface area contributed by atoms with Crippen LogP contribution in [0.1, 0.15) is 29.5 Å². The summed E-state index contributed by atoms with van der Waals surface area (Å²) in [6, 6.07) is 12.7. The summed E-state index contributed by atoms with van der Waals surface area (Å²) >= 11 is 0. The SMILES string of the molecule is CN(C)C[C@@H](O)c1cc2n(n1)CCCN(CCc1ccccc1)C2. The zero-order chi connectivity index (χ0) is 16.9. The minimum Gasteiger partial charge on any atom is -0.385 e. The number of aliphatic hydroxyl groups excluding tert-OH is 1. The molecule has 2 aromatic rings. The summed E-state index contributed by atoms with van der Waals surface area (Å²) in [5, 5.41) is 14.9. The molecule has 0 bridgehead atoms. The number of fused-ring (bicyclic) bond motifs is 1. The Morgan fingerprint density at radius 2 is 2.00 bits per heavy atom. The van der Waals surface area contributed by atoms with Gasteiger partial charge in [-0.25, -0.2) is 0 Å². The predicted octanol–water partition coefficient (Wildman–Crippen LogP) is 1.93. The van der Waals surface area contributed by atoms with Crippen molar-refractivity contribution in [3.63, 3.8) is 0 Å². The Balaban J connectivity index is 1.63. The number of aryl methyl sites for hydroxylation is 1. The number of rotatable bonds is 6. The molecule has 0 unspecified atom stereocenters. The van der Waals surface area contributed by atoms with Crippen molar-refractivity contribution in [2.45, 2.75) is 32.0 Å². The van der Waals surface area contributed by atoms with Crippen LogP contribution in [0.15, 0.2) is 36.4 Å². The molecular weight excluding hydrogens is 300 g/mol. The second-order valence-electron chi connectivity index (χ2n) is 6.93. The van der Waals surface area contributed by atoms with Crippen molar-refractivity contribution in [1.82, 2.24) is 19.6 Å². The molecule has 1 aliphatic heterocycles. The second-order valence-corrected chi connectivity index (χ2v) is 6.93. The Morgan fingerprint density at radius 1 is 1.21 bits per heavy atom. The zero-order valence-electron chi connectivity index (χ0n) is 14.7. The van der Waals surface area contributed by atoms with E-state index in [1.54, 1.807) is 0 Å². The number of aliphatic hydroxyl groups is 1. The van der Waals surface area contributed by atoms with E-state index in [1.165, 1.54) is 11.3 Å². The maximum atomic E-state index is 10.3. The molecule has 0 amide bonds. The fourth-order valence-corrected chi connectivity index (χ4v) is 3.28. The van der Waals surface area contributed by atoms with E-state index in [9.17, 15) is 5.11 Å². The highest BCUT2D eigenvalue weighted by Gasteiger charge is 2.20. The number of benzene rings is 1. The molecule has 0 aliphatic carbocycles. The Labute approximate surface area is 144 Å². The largest absolute Gasteiger partial charge is 0.385 e. The molecule has 0 fully saturated rings. The van der Waals surface area contributed by atoms with Crippen LogP contribution in [0, 0.1) is 0 Å². The van der Waals surface area contributed by atoms with Crippen molar-refractivity contribution in [1.29, 1.82) is 0 Å². The fraction of sp³-hybridized carbons (Fsp3) is 0.526. The van der Waals surface area contributed by atoms with Crippen LogP contribution in [0.3, 0.4) is 0 Å². The smallest absolute Gasteiger partial charge is 0.110 e. The van der Waals surface area contributed by atoms with Gasteiger partial charge in [-0.1, -0.05) is 30.3 Å². The molecule has 0 radical (unpaired) electrons. The van der Waals surface area contributed by atoms with Crippen LogP contribution in [0.25, 0.3) is 0 Å². The normalized spacial score (nSPS) is 16.8. The zero-order valence-corrected chi connectivity index (χ0v) is 14.7. The maximum Gasteiger partial charge on any atom is 0.110 e. The van der Waals surface area contributed by atoms with Crippen molar-refractivity contribution in [2.24, 2.45) is 0 Å². The highest BCUT2D eigenvalue weighted by atomic mass is 16.3. The summed E-state index contributed by atoms with van der Waals surface area (Å²) in [7, 11) is 3.94. The van der Waals surface area contributed by atoms with Gasteiger partial charge in [0.25, 0.3) is 0 Å². The minimum atomic E-state index is -0.516.